The molecule has 0 fully saturated rings. The molecule has 0 spiro atoms. The molecule has 0 atom stereocenters. The SMILES string of the molecule is C/C=C(/COC)SC(=CCC)CN(C)C=O. The number of methoxy groups -OCH3 is 1. The Morgan fingerprint density at radius 1 is 1.44 bits per heavy atom. The van der Waals surface area contributed by atoms with Crippen molar-refractivity contribution in [1.82, 2.24) is 4.90 Å². The standard InChI is InChI=1S/C12H21NO2S/c1-5-7-12(8-13(3)10-14)16-11(6-2)9-15-4/h6-7,10H,5,8-9H2,1-4H3/b11-6-,12-7?. The van der Waals surface area contributed by atoms with Gasteiger partial charge in [-0.2, -0.15) is 0 Å². The normalized spacial score (nSPS) is 12.8. The molecule has 0 rings (SSSR count). The summed E-state index contributed by atoms with van der Waals surface area (Å²) < 4.78 is 5.11. The van der Waals surface area contributed by atoms with E-state index in [9.17, 15) is 4.79 Å². The largest absolute Gasteiger partial charge is 0.379 e. The van der Waals surface area contributed by atoms with Crippen LogP contribution in [0.15, 0.2) is 22.0 Å². The lowest BCUT2D eigenvalue weighted by Crippen LogP contribution is -2.18. The van der Waals surface area contributed by atoms with Crippen LogP contribution < -0.4 is 0 Å². The molecule has 0 heterocycles. The van der Waals surface area contributed by atoms with Crippen LogP contribution in [0.5, 0.6) is 0 Å². The summed E-state index contributed by atoms with van der Waals surface area (Å²) in [6, 6.07) is 0. The summed E-state index contributed by atoms with van der Waals surface area (Å²) in [4.78, 5) is 14.6. The fourth-order valence-corrected chi connectivity index (χ4v) is 2.28. The highest BCUT2D eigenvalue weighted by Gasteiger charge is 2.05. The summed E-state index contributed by atoms with van der Waals surface area (Å²) in [5.41, 5.74) is 0. The van der Waals surface area contributed by atoms with Crippen molar-refractivity contribution >= 4 is 18.2 Å². The lowest BCUT2D eigenvalue weighted by atomic mass is 10.4. The van der Waals surface area contributed by atoms with Crippen molar-refractivity contribution in [2.24, 2.45) is 0 Å². The minimum absolute atomic E-state index is 0.618. The lowest BCUT2D eigenvalue weighted by Gasteiger charge is -2.15. The predicted molar refractivity (Wildman–Crippen MR) is 70.3 cm³/mol. The minimum Gasteiger partial charge on any atom is -0.379 e. The van der Waals surface area contributed by atoms with E-state index in [2.05, 4.69) is 13.0 Å². The molecule has 4 heteroatoms. The molecule has 1 amide bonds. The van der Waals surface area contributed by atoms with Gasteiger partial charge in [0, 0.05) is 24.0 Å². The van der Waals surface area contributed by atoms with Crippen molar-refractivity contribution in [3.63, 3.8) is 0 Å². The maximum atomic E-state index is 10.6. The van der Waals surface area contributed by atoms with Gasteiger partial charge >= 0.3 is 0 Å². The Morgan fingerprint density at radius 3 is 2.56 bits per heavy atom. The zero-order valence-electron chi connectivity index (χ0n) is 10.5. The van der Waals surface area contributed by atoms with Gasteiger partial charge in [0.25, 0.3) is 0 Å². The van der Waals surface area contributed by atoms with E-state index >= 15 is 0 Å². The zero-order valence-corrected chi connectivity index (χ0v) is 11.3. The van der Waals surface area contributed by atoms with Gasteiger partial charge in [0.1, 0.15) is 0 Å². The zero-order chi connectivity index (χ0) is 12.4. The van der Waals surface area contributed by atoms with Gasteiger partial charge in [0.2, 0.25) is 6.41 Å². The summed E-state index contributed by atoms with van der Waals surface area (Å²) in [6.45, 7) is 5.36. The highest BCUT2D eigenvalue weighted by atomic mass is 32.2. The molecule has 3 nitrogen and oxygen atoms in total. The molecule has 0 unspecified atom stereocenters. The van der Waals surface area contributed by atoms with E-state index in [4.69, 9.17) is 4.74 Å². The number of rotatable bonds is 8. The van der Waals surface area contributed by atoms with Crippen LogP contribution in [-0.2, 0) is 9.53 Å². The van der Waals surface area contributed by atoms with Gasteiger partial charge in [0.05, 0.1) is 13.2 Å². The number of nitrogens with zero attached hydrogens (tertiary/aromatic N) is 1. The van der Waals surface area contributed by atoms with Gasteiger partial charge in [-0.15, -0.1) is 0 Å². The Morgan fingerprint density at radius 2 is 2.12 bits per heavy atom. The fourth-order valence-electron chi connectivity index (χ4n) is 1.13. The van der Waals surface area contributed by atoms with Crippen LogP contribution in [0.25, 0.3) is 0 Å². The second-order valence-corrected chi connectivity index (χ2v) is 4.64. The number of thioether (sulfide) groups is 1. The molecule has 16 heavy (non-hydrogen) atoms. The molecular formula is C12H21NO2S. The predicted octanol–water partition coefficient (Wildman–Crippen LogP) is 2.65. The first kappa shape index (κ1) is 15.3. The van der Waals surface area contributed by atoms with E-state index in [0.717, 1.165) is 12.8 Å². The Balaban J connectivity index is 4.43. The Kier molecular flexibility index (Phi) is 9.04. The number of ether oxygens (including phenoxy) is 1. The molecule has 0 aliphatic rings. The quantitative estimate of drug-likeness (QED) is 0.614. The highest BCUT2D eigenvalue weighted by Crippen LogP contribution is 2.26. The maximum Gasteiger partial charge on any atom is 0.209 e. The van der Waals surface area contributed by atoms with Gasteiger partial charge in [-0.25, -0.2) is 0 Å². The highest BCUT2D eigenvalue weighted by molar-refractivity contribution is 8.06. The smallest absolute Gasteiger partial charge is 0.209 e. The summed E-state index contributed by atoms with van der Waals surface area (Å²) >= 11 is 1.68. The third-order valence-corrected chi connectivity index (χ3v) is 3.06. The van der Waals surface area contributed by atoms with Crippen LogP contribution in [0.3, 0.4) is 0 Å². The molecule has 0 radical (unpaired) electrons. The number of carbonyl (C=O) groups excluding carboxylic acids is 1. The second kappa shape index (κ2) is 9.48. The summed E-state index contributed by atoms with van der Waals surface area (Å²) in [5.74, 6) is 0. The number of allylic oxidation sites excluding steroid dienone is 2. The molecule has 0 aromatic heterocycles. The first-order valence-electron chi connectivity index (χ1n) is 5.34. The molecule has 92 valence electrons. The van der Waals surface area contributed by atoms with E-state index in [1.54, 1.807) is 30.8 Å². The Hall–Kier alpha value is -0.740. The first-order chi connectivity index (χ1) is 7.67. The molecular weight excluding hydrogens is 222 g/mol. The number of amides is 1. The van der Waals surface area contributed by atoms with Gasteiger partial charge in [-0.3, -0.25) is 4.79 Å². The fraction of sp³-hybridized carbons (Fsp3) is 0.583. The molecule has 0 bridgehead atoms. The van der Waals surface area contributed by atoms with Crippen molar-refractivity contribution in [1.29, 1.82) is 0 Å². The van der Waals surface area contributed by atoms with Crippen LogP contribution >= 0.6 is 11.8 Å². The van der Waals surface area contributed by atoms with Crippen LogP contribution in [-0.4, -0.2) is 38.6 Å². The average molecular weight is 243 g/mol. The van der Waals surface area contributed by atoms with Gasteiger partial charge in [0.15, 0.2) is 0 Å². The van der Waals surface area contributed by atoms with Crippen LogP contribution in [0.4, 0.5) is 0 Å². The summed E-state index contributed by atoms with van der Waals surface area (Å²) in [7, 11) is 3.47. The number of likely N-dealkylation sites (N-methyl/N-ethyl adjacent to an activating group) is 1. The average Bonchev–Trinajstić information content (AvgIpc) is 2.28. The number of carbonyl (C=O) groups is 1. The third kappa shape index (κ3) is 6.69. The van der Waals surface area contributed by atoms with E-state index < -0.39 is 0 Å². The topological polar surface area (TPSA) is 29.5 Å². The van der Waals surface area contributed by atoms with Crippen LogP contribution in [0.2, 0.25) is 0 Å². The van der Waals surface area contributed by atoms with Crippen molar-refractivity contribution in [2.75, 3.05) is 27.3 Å². The van der Waals surface area contributed by atoms with Crippen LogP contribution in [0.1, 0.15) is 20.3 Å². The van der Waals surface area contributed by atoms with Crippen molar-refractivity contribution in [3.8, 4) is 0 Å². The number of hydrogen-bond acceptors (Lipinski definition) is 3. The minimum atomic E-state index is 0.618. The lowest BCUT2D eigenvalue weighted by molar-refractivity contribution is -0.116. The molecule has 0 aromatic carbocycles. The summed E-state index contributed by atoms with van der Waals surface area (Å²) in [5, 5.41) is 0. The van der Waals surface area contributed by atoms with Crippen LogP contribution in [0, 0.1) is 0 Å². The second-order valence-electron chi connectivity index (χ2n) is 3.39. The molecule has 0 saturated carbocycles. The molecule has 0 aliphatic carbocycles. The Labute approximate surface area is 103 Å². The molecule has 0 N–H and O–H groups in total. The third-order valence-electron chi connectivity index (χ3n) is 1.89. The molecule has 0 saturated heterocycles. The maximum absolute atomic E-state index is 10.6. The van der Waals surface area contributed by atoms with Gasteiger partial charge in [-0.05, 0) is 13.3 Å². The van der Waals surface area contributed by atoms with Crippen molar-refractivity contribution < 1.29 is 9.53 Å². The van der Waals surface area contributed by atoms with Crippen molar-refractivity contribution in [2.45, 2.75) is 20.3 Å². The van der Waals surface area contributed by atoms with E-state index in [-0.39, 0.29) is 0 Å². The Bertz CT molecular complexity index is 262. The summed E-state index contributed by atoms with van der Waals surface area (Å²) in [6.07, 6.45) is 6.00. The van der Waals surface area contributed by atoms with E-state index in [1.165, 1.54) is 9.81 Å². The monoisotopic (exact) mass is 243 g/mol. The van der Waals surface area contributed by atoms with E-state index in [0.29, 0.717) is 13.2 Å². The number of hydrogen-bond donors (Lipinski definition) is 0. The van der Waals surface area contributed by atoms with Gasteiger partial charge < -0.3 is 9.64 Å². The van der Waals surface area contributed by atoms with Gasteiger partial charge in [-0.1, -0.05) is 30.8 Å². The molecule has 0 aliphatic heterocycles. The van der Waals surface area contributed by atoms with Crippen molar-refractivity contribution in [3.05, 3.63) is 22.0 Å². The first-order valence-corrected chi connectivity index (χ1v) is 6.16. The molecule has 0 aromatic rings. The van der Waals surface area contributed by atoms with E-state index in [1.807, 2.05) is 13.0 Å².